The molecule has 0 aliphatic carbocycles. The second kappa shape index (κ2) is 7.36. The molecule has 1 aromatic rings. The van der Waals surface area contributed by atoms with Crippen LogP contribution in [0.15, 0.2) is 12.3 Å². The monoisotopic (exact) mass is 324 g/mol. The first-order chi connectivity index (χ1) is 7.69. The quantitative estimate of drug-likeness (QED) is 0.721. The number of aromatic nitrogens is 1. The molecule has 0 aromatic carbocycles. The number of halogens is 3. The highest BCUT2D eigenvalue weighted by molar-refractivity contribution is 9.09. The topological polar surface area (TPSA) is 16.1 Å². The summed E-state index contributed by atoms with van der Waals surface area (Å²) in [6.45, 7) is 4.04. The van der Waals surface area contributed by atoms with Crippen LogP contribution in [0.2, 0.25) is 10.0 Å². The van der Waals surface area contributed by atoms with Gasteiger partial charge in [-0.15, -0.1) is 0 Å². The summed E-state index contributed by atoms with van der Waals surface area (Å²) in [5.74, 6) is 0.818. The number of unbranched alkanes of at least 4 members (excludes halogenated alkanes) is 1. The van der Waals surface area contributed by atoms with Crippen molar-refractivity contribution in [2.75, 3.05) is 23.3 Å². The summed E-state index contributed by atoms with van der Waals surface area (Å²) >= 11 is 15.4. The Kier molecular flexibility index (Phi) is 6.47. The van der Waals surface area contributed by atoms with Crippen LogP contribution in [-0.2, 0) is 0 Å². The van der Waals surface area contributed by atoms with Crippen LogP contribution in [0.1, 0.15) is 19.8 Å². The lowest BCUT2D eigenvalue weighted by Gasteiger charge is -2.23. The van der Waals surface area contributed by atoms with E-state index in [1.807, 2.05) is 0 Å². The SMILES string of the molecule is CCCCN(CCBr)c1ncc(Cl)cc1Cl. The number of hydrogen-bond donors (Lipinski definition) is 0. The molecular weight excluding hydrogens is 311 g/mol. The first-order valence-corrected chi connectivity index (χ1v) is 7.18. The predicted octanol–water partition coefficient (Wildman–Crippen LogP) is 4.39. The number of anilines is 1. The maximum absolute atomic E-state index is 6.14. The molecule has 0 saturated heterocycles. The molecule has 1 rings (SSSR count). The predicted molar refractivity (Wildman–Crippen MR) is 75.2 cm³/mol. The molecule has 1 heterocycles. The van der Waals surface area contributed by atoms with Gasteiger partial charge in [-0.05, 0) is 12.5 Å². The van der Waals surface area contributed by atoms with Crippen LogP contribution in [0.3, 0.4) is 0 Å². The van der Waals surface area contributed by atoms with Crippen molar-refractivity contribution in [1.29, 1.82) is 0 Å². The van der Waals surface area contributed by atoms with Gasteiger partial charge in [0.05, 0.1) is 10.0 Å². The molecule has 1 aromatic heterocycles. The van der Waals surface area contributed by atoms with Crippen LogP contribution in [0, 0.1) is 0 Å². The maximum atomic E-state index is 6.14. The molecular formula is C11H15BrCl2N2. The smallest absolute Gasteiger partial charge is 0.147 e. The molecule has 0 radical (unpaired) electrons. The van der Waals surface area contributed by atoms with Gasteiger partial charge in [0.15, 0.2) is 0 Å². The molecule has 5 heteroatoms. The van der Waals surface area contributed by atoms with E-state index >= 15 is 0 Å². The van der Waals surface area contributed by atoms with Crippen molar-refractivity contribution in [1.82, 2.24) is 4.98 Å². The lowest BCUT2D eigenvalue weighted by molar-refractivity contribution is 0.727. The molecule has 0 N–H and O–H groups in total. The molecule has 0 spiro atoms. The highest BCUT2D eigenvalue weighted by Gasteiger charge is 2.11. The van der Waals surface area contributed by atoms with E-state index in [-0.39, 0.29) is 0 Å². The molecule has 16 heavy (non-hydrogen) atoms. The Balaban J connectivity index is 2.82. The molecule has 0 atom stereocenters. The van der Waals surface area contributed by atoms with Crippen molar-refractivity contribution in [3.8, 4) is 0 Å². The molecule has 0 amide bonds. The zero-order valence-electron chi connectivity index (χ0n) is 9.22. The van der Waals surface area contributed by atoms with E-state index in [0.29, 0.717) is 10.0 Å². The third-order valence-corrected chi connectivity index (χ3v) is 3.06. The van der Waals surface area contributed by atoms with Gasteiger partial charge in [0.25, 0.3) is 0 Å². The van der Waals surface area contributed by atoms with Crippen molar-refractivity contribution in [2.24, 2.45) is 0 Å². The normalized spacial score (nSPS) is 10.5. The van der Waals surface area contributed by atoms with Crippen LogP contribution in [-0.4, -0.2) is 23.4 Å². The fourth-order valence-corrected chi connectivity index (χ4v) is 2.34. The van der Waals surface area contributed by atoms with E-state index in [9.17, 15) is 0 Å². The highest BCUT2D eigenvalue weighted by Crippen LogP contribution is 2.26. The number of alkyl halides is 1. The summed E-state index contributed by atoms with van der Waals surface area (Å²) in [5, 5.41) is 2.09. The molecule has 0 unspecified atom stereocenters. The molecule has 0 fully saturated rings. The van der Waals surface area contributed by atoms with Gasteiger partial charge in [-0.25, -0.2) is 4.98 Å². The van der Waals surface area contributed by atoms with Crippen LogP contribution >= 0.6 is 39.1 Å². The Hall–Kier alpha value is 0.01000. The molecule has 0 bridgehead atoms. The summed E-state index contributed by atoms with van der Waals surface area (Å²) in [4.78, 5) is 6.47. The summed E-state index contributed by atoms with van der Waals surface area (Å²) in [6.07, 6.45) is 3.92. The first kappa shape index (κ1) is 14.1. The summed E-state index contributed by atoms with van der Waals surface area (Å²) in [5.41, 5.74) is 0. The Bertz CT molecular complexity index is 334. The summed E-state index contributed by atoms with van der Waals surface area (Å²) in [7, 11) is 0. The first-order valence-electron chi connectivity index (χ1n) is 5.31. The third kappa shape index (κ3) is 4.11. The fraction of sp³-hybridized carbons (Fsp3) is 0.545. The maximum Gasteiger partial charge on any atom is 0.147 e. The largest absolute Gasteiger partial charge is 0.355 e. The minimum absolute atomic E-state index is 0.572. The van der Waals surface area contributed by atoms with Gasteiger partial charge in [-0.1, -0.05) is 52.5 Å². The van der Waals surface area contributed by atoms with Crippen molar-refractivity contribution in [3.63, 3.8) is 0 Å². The number of nitrogens with zero attached hydrogens (tertiary/aromatic N) is 2. The van der Waals surface area contributed by atoms with E-state index < -0.39 is 0 Å². The molecule has 0 saturated carbocycles. The van der Waals surface area contributed by atoms with Crippen molar-refractivity contribution in [2.45, 2.75) is 19.8 Å². The minimum atomic E-state index is 0.572. The second-order valence-corrected chi connectivity index (χ2v) is 5.13. The van der Waals surface area contributed by atoms with Gasteiger partial charge in [0.1, 0.15) is 5.82 Å². The van der Waals surface area contributed by atoms with Crippen LogP contribution in [0.5, 0.6) is 0 Å². The van der Waals surface area contributed by atoms with E-state index in [4.69, 9.17) is 23.2 Å². The Morgan fingerprint density at radius 1 is 1.38 bits per heavy atom. The number of hydrogen-bond acceptors (Lipinski definition) is 2. The van der Waals surface area contributed by atoms with Crippen LogP contribution in [0.25, 0.3) is 0 Å². The van der Waals surface area contributed by atoms with E-state index in [1.54, 1.807) is 12.3 Å². The van der Waals surface area contributed by atoms with Gasteiger partial charge in [0.2, 0.25) is 0 Å². The standard InChI is InChI=1S/C11H15BrCl2N2/c1-2-3-5-16(6-4-12)11-10(14)7-9(13)8-15-11/h7-8H,2-6H2,1H3. The van der Waals surface area contributed by atoms with E-state index in [0.717, 1.165) is 37.1 Å². The van der Waals surface area contributed by atoms with Gasteiger partial charge in [-0.3, -0.25) is 0 Å². The minimum Gasteiger partial charge on any atom is -0.355 e. The van der Waals surface area contributed by atoms with Gasteiger partial charge in [-0.2, -0.15) is 0 Å². The summed E-state index contributed by atoms with van der Waals surface area (Å²) in [6, 6.07) is 1.73. The number of pyridine rings is 1. The van der Waals surface area contributed by atoms with Crippen molar-refractivity contribution >= 4 is 44.9 Å². The fourth-order valence-electron chi connectivity index (χ4n) is 1.41. The summed E-state index contributed by atoms with van der Waals surface area (Å²) < 4.78 is 0. The second-order valence-electron chi connectivity index (χ2n) is 3.49. The molecule has 90 valence electrons. The molecule has 0 aliphatic heterocycles. The highest BCUT2D eigenvalue weighted by atomic mass is 79.9. The lowest BCUT2D eigenvalue weighted by Crippen LogP contribution is -2.27. The van der Waals surface area contributed by atoms with Gasteiger partial charge >= 0.3 is 0 Å². The third-order valence-electron chi connectivity index (χ3n) is 2.22. The van der Waals surface area contributed by atoms with Gasteiger partial charge in [0, 0.05) is 24.6 Å². The zero-order valence-corrected chi connectivity index (χ0v) is 12.3. The van der Waals surface area contributed by atoms with Crippen LogP contribution in [0.4, 0.5) is 5.82 Å². The average molecular weight is 326 g/mol. The van der Waals surface area contributed by atoms with Crippen molar-refractivity contribution < 1.29 is 0 Å². The average Bonchev–Trinajstić information content (AvgIpc) is 2.25. The molecule has 2 nitrogen and oxygen atoms in total. The molecule has 0 aliphatic rings. The van der Waals surface area contributed by atoms with E-state index in [2.05, 4.69) is 32.7 Å². The lowest BCUT2D eigenvalue weighted by atomic mass is 10.3. The zero-order chi connectivity index (χ0) is 12.0. The van der Waals surface area contributed by atoms with E-state index in [1.165, 1.54) is 0 Å². The number of rotatable bonds is 6. The Morgan fingerprint density at radius 3 is 2.69 bits per heavy atom. The van der Waals surface area contributed by atoms with Crippen molar-refractivity contribution in [3.05, 3.63) is 22.3 Å². The van der Waals surface area contributed by atoms with Crippen LogP contribution < -0.4 is 4.90 Å². The Labute approximate surface area is 115 Å². The van der Waals surface area contributed by atoms with Gasteiger partial charge < -0.3 is 4.90 Å². The Morgan fingerprint density at radius 2 is 2.12 bits per heavy atom.